The molecule has 2 atom stereocenters. The monoisotopic (exact) mass is 161 g/mol. The number of hydrogen-bond acceptors (Lipinski definition) is 4. The smallest absolute Gasteiger partial charge is 0.335 e. The Morgan fingerprint density at radius 3 is 2.55 bits per heavy atom. The van der Waals surface area contributed by atoms with E-state index in [0.717, 1.165) is 0 Å². The van der Waals surface area contributed by atoms with Crippen LogP contribution in [0.15, 0.2) is 5.11 Å². The molecule has 0 amide bonds. The zero-order valence-electron chi connectivity index (χ0n) is 5.45. The molecule has 62 valence electrons. The second-order valence-electron chi connectivity index (χ2n) is 1.76. The number of carbonyl (C=O) groups is 1. The lowest BCUT2D eigenvalue weighted by atomic mass is 10.2. The van der Waals surface area contributed by atoms with Gasteiger partial charge in [0, 0.05) is 4.91 Å². The van der Waals surface area contributed by atoms with Crippen LogP contribution in [0, 0.1) is 0 Å². The van der Waals surface area contributed by atoms with Crippen molar-refractivity contribution in [3.8, 4) is 0 Å². The van der Waals surface area contributed by atoms with E-state index in [2.05, 4.69) is 10.0 Å². The van der Waals surface area contributed by atoms with Gasteiger partial charge in [-0.3, -0.25) is 0 Å². The molecule has 0 aromatic heterocycles. The Morgan fingerprint density at radius 2 is 2.18 bits per heavy atom. The van der Waals surface area contributed by atoms with Gasteiger partial charge in [0.15, 0.2) is 6.10 Å². The summed E-state index contributed by atoms with van der Waals surface area (Å²) in [6, 6.07) is 0. The number of nitrogens with zero attached hydrogens (tertiary/aromatic N) is 3. The van der Waals surface area contributed by atoms with E-state index in [9.17, 15) is 4.79 Å². The molecule has 3 N–H and O–H groups in total. The molecule has 0 aromatic rings. The Hall–Kier alpha value is -1.30. The van der Waals surface area contributed by atoms with Crippen LogP contribution in [0.25, 0.3) is 10.4 Å². The van der Waals surface area contributed by atoms with Crippen molar-refractivity contribution >= 4 is 5.97 Å². The molecule has 7 heteroatoms. The number of azide groups is 1. The van der Waals surface area contributed by atoms with Crippen molar-refractivity contribution in [1.29, 1.82) is 0 Å². The lowest BCUT2D eigenvalue weighted by Gasteiger charge is -2.09. The molecule has 0 aromatic carbocycles. The topological polar surface area (TPSA) is 127 Å². The van der Waals surface area contributed by atoms with E-state index < -0.39 is 24.7 Å². The van der Waals surface area contributed by atoms with Crippen LogP contribution in [0.3, 0.4) is 0 Å². The molecule has 0 rings (SSSR count). The minimum Gasteiger partial charge on any atom is -0.479 e. The van der Waals surface area contributed by atoms with Crippen LogP contribution in [-0.2, 0) is 4.79 Å². The maximum absolute atomic E-state index is 9.96. The Labute approximate surface area is 61.5 Å². The first-order valence-electron chi connectivity index (χ1n) is 2.69. The molecule has 0 fully saturated rings. The van der Waals surface area contributed by atoms with Gasteiger partial charge < -0.3 is 15.3 Å². The van der Waals surface area contributed by atoms with Gasteiger partial charge in [-0.05, 0) is 5.53 Å². The van der Waals surface area contributed by atoms with Crippen molar-refractivity contribution in [2.75, 3.05) is 6.54 Å². The fourth-order valence-corrected chi connectivity index (χ4v) is 0.385. The predicted octanol–water partition coefficient (Wildman–Crippen LogP) is -0.897. The number of aliphatic hydroxyl groups is 2. The minimum absolute atomic E-state index is 0.454. The van der Waals surface area contributed by atoms with Gasteiger partial charge >= 0.3 is 5.97 Å². The fourth-order valence-electron chi connectivity index (χ4n) is 0.385. The summed E-state index contributed by atoms with van der Waals surface area (Å²) >= 11 is 0. The summed E-state index contributed by atoms with van der Waals surface area (Å²) in [5.74, 6) is -1.55. The van der Waals surface area contributed by atoms with Crippen molar-refractivity contribution in [2.24, 2.45) is 5.11 Å². The van der Waals surface area contributed by atoms with Gasteiger partial charge in [-0.1, -0.05) is 5.11 Å². The number of rotatable bonds is 4. The highest BCUT2D eigenvalue weighted by molar-refractivity contribution is 5.72. The summed E-state index contributed by atoms with van der Waals surface area (Å²) in [6.07, 6.45) is -3.45. The van der Waals surface area contributed by atoms with E-state index in [1.165, 1.54) is 0 Å². The van der Waals surface area contributed by atoms with Crippen molar-refractivity contribution in [3.05, 3.63) is 10.4 Å². The van der Waals surface area contributed by atoms with E-state index in [4.69, 9.17) is 20.9 Å². The van der Waals surface area contributed by atoms with Crippen LogP contribution in [0.2, 0.25) is 0 Å². The van der Waals surface area contributed by atoms with E-state index in [1.54, 1.807) is 0 Å². The molecular formula is C4H7N3O4. The first-order chi connectivity index (χ1) is 5.09. The van der Waals surface area contributed by atoms with Gasteiger partial charge in [-0.2, -0.15) is 0 Å². The average Bonchev–Trinajstić information content (AvgIpc) is 1.98. The quantitative estimate of drug-likeness (QED) is 0.280. The van der Waals surface area contributed by atoms with Crippen molar-refractivity contribution < 1.29 is 20.1 Å². The lowest BCUT2D eigenvalue weighted by Crippen LogP contribution is -2.35. The molecule has 0 spiro atoms. The van der Waals surface area contributed by atoms with Crippen molar-refractivity contribution in [1.82, 2.24) is 0 Å². The van der Waals surface area contributed by atoms with Gasteiger partial charge in [0.25, 0.3) is 0 Å². The van der Waals surface area contributed by atoms with Crippen molar-refractivity contribution in [3.63, 3.8) is 0 Å². The molecule has 0 aliphatic heterocycles. The largest absolute Gasteiger partial charge is 0.479 e. The van der Waals surface area contributed by atoms with Crippen LogP contribution in [0.5, 0.6) is 0 Å². The number of hydrogen-bond donors (Lipinski definition) is 3. The van der Waals surface area contributed by atoms with E-state index >= 15 is 0 Å². The zero-order chi connectivity index (χ0) is 8.85. The first-order valence-corrected chi connectivity index (χ1v) is 2.69. The van der Waals surface area contributed by atoms with Gasteiger partial charge in [0.05, 0.1) is 12.6 Å². The number of carboxylic acid groups (broad SMARTS) is 1. The summed E-state index contributed by atoms with van der Waals surface area (Å²) in [5.41, 5.74) is 7.75. The normalized spacial score (nSPS) is 14.7. The third kappa shape index (κ3) is 3.41. The van der Waals surface area contributed by atoms with E-state index in [1.807, 2.05) is 0 Å². The van der Waals surface area contributed by atoms with Crippen molar-refractivity contribution in [2.45, 2.75) is 12.2 Å². The van der Waals surface area contributed by atoms with Gasteiger partial charge in [-0.15, -0.1) is 0 Å². The molecule has 0 saturated carbocycles. The third-order valence-corrected chi connectivity index (χ3v) is 0.949. The summed E-state index contributed by atoms with van der Waals surface area (Å²) in [5, 5.41) is 28.3. The molecule has 0 radical (unpaired) electrons. The first kappa shape index (κ1) is 9.70. The van der Waals surface area contributed by atoms with Gasteiger partial charge in [0.1, 0.15) is 0 Å². The Bertz CT molecular complexity index is 188. The minimum atomic E-state index is -1.90. The highest BCUT2D eigenvalue weighted by Gasteiger charge is 2.22. The SMILES string of the molecule is [N-]=[N+]=NC[C@@H](O)C(O)C(=O)O. The molecule has 1 unspecified atom stereocenters. The standard InChI is InChI=1S/C4H7N3O4/c5-7-6-1-2(8)3(9)4(10)11/h2-3,8-9H,1H2,(H,10,11)/t2-,3?/m1/s1. The molecule has 0 heterocycles. The number of carboxylic acids is 1. The molecule has 0 bridgehead atoms. The summed E-state index contributed by atoms with van der Waals surface area (Å²) < 4.78 is 0. The summed E-state index contributed by atoms with van der Waals surface area (Å²) in [6.45, 7) is -0.454. The van der Waals surface area contributed by atoms with Crippen LogP contribution < -0.4 is 0 Å². The number of aliphatic carboxylic acids is 1. The maximum Gasteiger partial charge on any atom is 0.335 e. The van der Waals surface area contributed by atoms with E-state index in [-0.39, 0.29) is 0 Å². The van der Waals surface area contributed by atoms with Crippen LogP contribution in [0.4, 0.5) is 0 Å². The van der Waals surface area contributed by atoms with Crippen LogP contribution >= 0.6 is 0 Å². The molecule has 0 aliphatic carbocycles. The summed E-state index contributed by atoms with van der Waals surface area (Å²) in [4.78, 5) is 12.2. The molecule has 11 heavy (non-hydrogen) atoms. The molecule has 7 nitrogen and oxygen atoms in total. The highest BCUT2D eigenvalue weighted by Crippen LogP contribution is 1.94. The zero-order valence-corrected chi connectivity index (χ0v) is 5.45. The Balaban J connectivity index is 3.91. The van der Waals surface area contributed by atoms with Crippen LogP contribution in [0.1, 0.15) is 0 Å². The number of aliphatic hydroxyl groups excluding tert-OH is 2. The maximum atomic E-state index is 9.96. The average molecular weight is 161 g/mol. The Kier molecular flexibility index (Phi) is 3.97. The second-order valence-corrected chi connectivity index (χ2v) is 1.76. The molecule has 0 aliphatic rings. The van der Waals surface area contributed by atoms with Crippen LogP contribution in [-0.4, -0.2) is 40.0 Å². The highest BCUT2D eigenvalue weighted by atomic mass is 16.4. The summed E-state index contributed by atoms with van der Waals surface area (Å²) in [7, 11) is 0. The van der Waals surface area contributed by atoms with Gasteiger partial charge in [0.2, 0.25) is 0 Å². The van der Waals surface area contributed by atoms with E-state index in [0.29, 0.717) is 0 Å². The molecular weight excluding hydrogens is 154 g/mol. The predicted molar refractivity (Wildman–Crippen MR) is 33.7 cm³/mol. The lowest BCUT2D eigenvalue weighted by molar-refractivity contribution is -0.152. The Morgan fingerprint density at radius 1 is 1.64 bits per heavy atom. The second kappa shape index (κ2) is 4.51. The van der Waals surface area contributed by atoms with Gasteiger partial charge in [-0.25, -0.2) is 4.79 Å². The fraction of sp³-hybridized carbons (Fsp3) is 0.750. The third-order valence-electron chi connectivity index (χ3n) is 0.949. The molecule has 0 saturated heterocycles.